The Morgan fingerprint density at radius 1 is 1.00 bits per heavy atom. The zero-order valence-corrected chi connectivity index (χ0v) is 23.4. The molecular formula is C28H32ClN3O5S. The van der Waals surface area contributed by atoms with E-state index in [1.54, 1.807) is 38.1 Å². The smallest absolute Gasteiger partial charge is 0.264 e. The van der Waals surface area contributed by atoms with Crippen LogP contribution in [0.5, 0.6) is 5.75 Å². The Labute approximate surface area is 229 Å². The van der Waals surface area contributed by atoms with E-state index in [4.69, 9.17) is 16.3 Å². The third kappa shape index (κ3) is 6.65. The fourth-order valence-corrected chi connectivity index (χ4v) is 5.50. The minimum Gasteiger partial charge on any atom is -0.492 e. The highest BCUT2D eigenvalue weighted by atomic mass is 35.5. The van der Waals surface area contributed by atoms with Crippen molar-refractivity contribution in [1.82, 2.24) is 10.2 Å². The minimum absolute atomic E-state index is 0.0363. The van der Waals surface area contributed by atoms with Gasteiger partial charge in [-0.2, -0.15) is 0 Å². The van der Waals surface area contributed by atoms with Gasteiger partial charge >= 0.3 is 0 Å². The summed E-state index contributed by atoms with van der Waals surface area (Å²) in [5, 5.41) is 2.96. The molecule has 2 amide bonds. The highest BCUT2D eigenvalue weighted by Gasteiger charge is 2.33. The van der Waals surface area contributed by atoms with Crippen molar-refractivity contribution in [2.75, 3.05) is 24.5 Å². The molecule has 3 rings (SSSR count). The maximum atomic E-state index is 13.9. The lowest BCUT2D eigenvalue weighted by Gasteiger charge is -2.32. The van der Waals surface area contributed by atoms with Crippen LogP contribution >= 0.6 is 11.6 Å². The Balaban J connectivity index is 2.10. The summed E-state index contributed by atoms with van der Waals surface area (Å²) in [4.78, 5) is 27.8. The van der Waals surface area contributed by atoms with Crippen LogP contribution in [0.2, 0.25) is 5.02 Å². The molecular weight excluding hydrogens is 526 g/mol. The van der Waals surface area contributed by atoms with Crippen LogP contribution in [-0.2, 0) is 26.2 Å². The molecule has 0 saturated heterocycles. The summed E-state index contributed by atoms with van der Waals surface area (Å²) in [7, 11) is -2.74. The Bertz CT molecular complexity index is 1380. The molecule has 0 heterocycles. The van der Waals surface area contributed by atoms with Crippen molar-refractivity contribution < 1.29 is 22.7 Å². The van der Waals surface area contributed by atoms with Gasteiger partial charge in [-0.25, -0.2) is 8.42 Å². The number of carbonyl (C=O) groups excluding carboxylic acids is 2. The molecule has 1 atom stereocenters. The molecule has 0 aliphatic carbocycles. The van der Waals surface area contributed by atoms with Crippen LogP contribution in [0.25, 0.3) is 0 Å². The van der Waals surface area contributed by atoms with Crippen molar-refractivity contribution in [3.05, 3.63) is 88.9 Å². The van der Waals surface area contributed by atoms with Crippen LogP contribution in [0.4, 0.5) is 5.69 Å². The normalized spacial score (nSPS) is 11.9. The number of halogens is 1. The fraction of sp³-hybridized carbons (Fsp3) is 0.286. The average Bonchev–Trinajstić information content (AvgIpc) is 2.91. The van der Waals surface area contributed by atoms with Gasteiger partial charge in [0.25, 0.3) is 10.0 Å². The Kier molecular flexibility index (Phi) is 9.77. The number of hydrogen-bond donors (Lipinski definition) is 1. The lowest BCUT2D eigenvalue weighted by Crippen LogP contribution is -2.50. The maximum Gasteiger partial charge on any atom is 0.264 e. The lowest BCUT2D eigenvalue weighted by molar-refractivity contribution is -0.139. The van der Waals surface area contributed by atoms with Gasteiger partial charge in [-0.05, 0) is 68.3 Å². The zero-order valence-electron chi connectivity index (χ0n) is 21.8. The second-order valence-corrected chi connectivity index (χ2v) is 10.9. The van der Waals surface area contributed by atoms with Crippen molar-refractivity contribution in [1.29, 1.82) is 0 Å². The van der Waals surface area contributed by atoms with Crippen LogP contribution in [0, 0.1) is 6.92 Å². The summed E-state index contributed by atoms with van der Waals surface area (Å²) < 4.78 is 34.5. The van der Waals surface area contributed by atoms with Crippen molar-refractivity contribution in [3.8, 4) is 5.75 Å². The van der Waals surface area contributed by atoms with E-state index in [0.29, 0.717) is 17.4 Å². The summed E-state index contributed by atoms with van der Waals surface area (Å²) in [6.45, 7) is 5.19. The molecule has 8 nitrogen and oxygen atoms in total. The predicted molar refractivity (Wildman–Crippen MR) is 149 cm³/mol. The lowest BCUT2D eigenvalue weighted by atomic mass is 10.1. The molecule has 0 aliphatic heterocycles. The summed E-state index contributed by atoms with van der Waals surface area (Å²) >= 11 is 5.99. The van der Waals surface area contributed by atoms with Gasteiger partial charge < -0.3 is 15.0 Å². The number of sulfonamides is 1. The van der Waals surface area contributed by atoms with E-state index < -0.39 is 28.5 Å². The molecule has 0 unspecified atom stereocenters. The van der Waals surface area contributed by atoms with E-state index in [1.807, 2.05) is 31.2 Å². The number of rotatable bonds is 11. The van der Waals surface area contributed by atoms with Gasteiger partial charge in [0.1, 0.15) is 18.3 Å². The van der Waals surface area contributed by atoms with Crippen LogP contribution in [0.3, 0.4) is 0 Å². The number of aryl methyl sites for hydroxylation is 1. The van der Waals surface area contributed by atoms with Gasteiger partial charge in [-0.3, -0.25) is 13.9 Å². The molecule has 0 fully saturated rings. The summed E-state index contributed by atoms with van der Waals surface area (Å²) in [6.07, 6.45) is 0. The van der Waals surface area contributed by atoms with E-state index in [1.165, 1.54) is 36.2 Å². The number of nitrogens with zero attached hydrogens (tertiary/aromatic N) is 2. The van der Waals surface area contributed by atoms with Crippen LogP contribution in [0.15, 0.2) is 77.7 Å². The Morgan fingerprint density at radius 3 is 2.26 bits per heavy atom. The number of hydrogen-bond acceptors (Lipinski definition) is 5. The molecule has 3 aromatic carbocycles. The summed E-state index contributed by atoms with van der Waals surface area (Å²) in [5.41, 5.74) is 2.00. The molecule has 38 heavy (non-hydrogen) atoms. The quantitative estimate of drug-likeness (QED) is 0.377. The van der Waals surface area contributed by atoms with Crippen molar-refractivity contribution in [3.63, 3.8) is 0 Å². The first-order valence-corrected chi connectivity index (χ1v) is 14.0. The second kappa shape index (κ2) is 12.8. The van der Waals surface area contributed by atoms with E-state index in [0.717, 1.165) is 15.4 Å². The molecule has 0 spiro atoms. The van der Waals surface area contributed by atoms with Gasteiger partial charge in [-0.1, -0.05) is 48.0 Å². The van der Waals surface area contributed by atoms with E-state index >= 15 is 0 Å². The number of carbonyl (C=O) groups is 2. The largest absolute Gasteiger partial charge is 0.492 e. The third-order valence-corrected chi connectivity index (χ3v) is 8.16. The zero-order chi connectivity index (χ0) is 27.9. The SMILES string of the molecule is CCOc1ccccc1N(CC(=O)N(Cc1ccccc1C)[C@H](C)C(=O)NC)S(=O)(=O)c1ccc(Cl)cc1. The highest BCUT2D eigenvalue weighted by Crippen LogP contribution is 2.33. The highest BCUT2D eigenvalue weighted by molar-refractivity contribution is 7.92. The number of likely N-dealkylation sites (N-methyl/N-ethyl adjacent to an activating group) is 1. The van der Waals surface area contributed by atoms with Crippen LogP contribution in [0.1, 0.15) is 25.0 Å². The summed E-state index contributed by atoms with van der Waals surface area (Å²) in [5.74, 6) is -0.605. The number of ether oxygens (including phenoxy) is 1. The molecule has 10 heteroatoms. The molecule has 0 aliphatic rings. The predicted octanol–water partition coefficient (Wildman–Crippen LogP) is 4.41. The van der Waals surface area contributed by atoms with Gasteiger partial charge in [-0.15, -0.1) is 0 Å². The standard InChI is InChI=1S/C28H32ClN3O5S/c1-5-37-26-13-9-8-12-25(26)32(38(35,36)24-16-14-23(29)15-17-24)19-27(33)31(21(3)28(34)30-4)18-22-11-7-6-10-20(22)2/h6-17,21H,5,18-19H2,1-4H3,(H,30,34)/t21-/m1/s1. The molecule has 202 valence electrons. The van der Waals surface area contributed by atoms with Crippen LogP contribution < -0.4 is 14.4 Å². The number of para-hydroxylation sites is 2. The monoisotopic (exact) mass is 557 g/mol. The van der Waals surface area contributed by atoms with E-state index in [9.17, 15) is 18.0 Å². The fourth-order valence-electron chi connectivity index (χ4n) is 3.95. The van der Waals surface area contributed by atoms with Crippen molar-refractivity contribution in [2.24, 2.45) is 0 Å². The Hall–Kier alpha value is -3.56. The first-order valence-electron chi connectivity index (χ1n) is 12.2. The second-order valence-electron chi connectivity index (χ2n) is 8.60. The van der Waals surface area contributed by atoms with Gasteiger partial charge in [0.2, 0.25) is 11.8 Å². The number of nitrogens with one attached hydrogen (secondary N) is 1. The number of anilines is 1. The van der Waals surface area contributed by atoms with Gasteiger partial charge in [0.15, 0.2) is 0 Å². The average molecular weight is 558 g/mol. The van der Waals surface area contributed by atoms with E-state index in [-0.39, 0.29) is 23.0 Å². The summed E-state index contributed by atoms with van der Waals surface area (Å²) in [6, 6.07) is 19.0. The van der Waals surface area contributed by atoms with E-state index in [2.05, 4.69) is 5.32 Å². The Morgan fingerprint density at radius 2 is 1.63 bits per heavy atom. The third-order valence-electron chi connectivity index (χ3n) is 6.13. The first kappa shape index (κ1) is 29.0. The molecule has 3 aromatic rings. The van der Waals surface area contributed by atoms with Crippen molar-refractivity contribution >= 4 is 39.1 Å². The molecule has 1 N–H and O–H groups in total. The number of benzene rings is 3. The van der Waals surface area contributed by atoms with Crippen LogP contribution in [-0.4, -0.2) is 51.4 Å². The first-order chi connectivity index (χ1) is 18.1. The molecule has 0 bridgehead atoms. The van der Waals surface area contributed by atoms with Gasteiger partial charge in [0.05, 0.1) is 17.2 Å². The molecule has 0 radical (unpaired) electrons. The topological polar surface area (TPSA) is 96.0 Å². The maximum absolute atomic E-state index is 13.9. The molecule has 0 aromatic heterocycles. The number of amides is 2. The minimum atomic E-state index is -4.23. The van der Waals surface area contributed by atoms with Crippen molar-refractivity contribution in [2.45, 2.75) is 38.3 Å². The molecule has 0 saturated carbocycles. The van der Waals surface area contributed by atoms with Gasteiger partial charge in [0, 0.05) is 18.6 Å².